The first-order valence-electron chi connectivity index (χ1n) is 7.48. The average molecular weight is 297 g/mol. The van der Waals surface area contributed by atoms with E-state index < -0.39 is 0 Å². The second-order valence-corrected chi connectivity index (χ2v) is 5.22. The Balaban J connectivity index is 1.54. The third-order valence-electron chi connectivity index (χ3n) is 3.55. The number of hydrogen-bond acceptors (Lipinski definition) is 4. The summed E-state index contributed by atoms with van der Waals surface area (Å²) in [6, 6.07) is 10.9. The largest absolute Gasteiger partial charge is 0.341 e. The molecule has 2 amide bonds. The number of amides is 2. The number of carbonyl (C=O) groups excluding carboxylic acids is 1. The molecule has 6 nitrogen and oxygen atoms in total. The highest BCUT2D eigenvalue weighted by Crippen LogP contribution is 2.15. The molecule has 3 rings (SSSR count). The van der Waals surface area contributed by atoms with Gasteiger partial charge in [0.15, 0.2) is 0 Å². The fourth-order valence-electron chi connectivity index (χ4n) is 2.42. The van der Waals surface area contributed by atoms with Gasteiger partial charge in [-0.2, -0.15) is 0 Å². The normalized spacial score (nSPS) is 13.9. The molecule has 114 valence electrons. The number of aromatic nitrogens is 2. The molecule has 0 spiro atoms. The number of benzene rings is 1. The highest BCUT2D eigenvalue weighted by atomic mass is 16.2. The van der Waals surface area contributed by atoms with Crippen LogP contribution in [0, 0.1) is 0 Å². The molecule has 1 aliphatic heterocycles. The Bertz CT molecular complexity index is 625. The summed E-state index contributed by atoms with van der Waals surface area (Å²) in [5.74, 6) is 0.750. The molecule has 0 radical (unpaired) electrons. The SMILES string of the molecule is O=C(NCc1ccnc(N2CCCC2)n1)Nc1ccccc1. The third kappa shape index (κ3) is 3.72. The van der Waals surface area contributed by atoms with E-state index in [9.17, 15) is 4.79 Å². The molecule has 0 bridgehead atoms. The molecular formula is C16H19N5O. The van der Waals surface area contributed by atoms with Crippen LogP contribution in [0.25, 0.3) is 0 Å². The van der Waals surface area contributed by atoms with Crippen LogP contribution in [-0.4, -0.2) is 29.1 Å². The van der Waals surface area contributed by atoms with E-state index in [1.165, 1.54) is 12.8 Å². The lowest BCUT2D eigenvalue weighted by Crippen LogP contribution is -2.29. The van der Waals surface area contributed by atoms with E-state index in [0.717, 1.165) is 30.4 Å². The van der Waals surface area contributed by atoms with E-state index in [-0.39, 0.29) is 6.03 Å². The molecule has 1 aromatic carbocycles. The van der Waals surface area contributed by atoms with Gasteiger partial charge in [-0.05, 0) is 31.0 Å². The molecule has 0 saturated carbocycles. The quantitative estimate of drug-likeness (QED) is 0.909. The van der Waals surface area contributed by atoms with Crippen molar-refractivity contribution in [1.82, 2.24) is 15.3 Å². The maximum absolute atomic E-state index is 11.9. The smallest absolute Gasteiger partial charge is 0.319 e. The van der Waals surface area contributed by atoms with E-state index >= 15 is 0 Å². The highest BCUT2D eigenvalue weighted by molar-refractivity contribution is 5.89. The Labute approximate surface area is 129 Å². The summed E-state index contributed by atoms with van der Waals surface area (Å²) < 4.78 is 0. The molecule has 1 aliphatic rings. The summed E-state index contributed by atoms with van der Waals surface area (Å²) >= 11 is 0. The molecular weight excluding hydrogens is 278 g/mol. The average Bonchev–Trinajstić information content (AvgIpc) is 3.09. The van der Waals surface area contributed by atoms with E-state index in [0.29, 0.717) is 6.54 Å². The fourth-order valence-corrected chi connectivity index (χ4v) is 2.42. The summed E-state index contributed by atoms with van der Waals surface area (Å²) in [5.41, 5.74) is 1.57. The Morgan fingerprint density at radius 3 is 2.68 bits per heavy atom. The Morgan fingerprint density at radius 2 is 1.91 bits per heavy atom. The highest BCUT2D eigenvalue weighted by Gasteiger charge is 2.15. The molecule has 0 unspecified atom stereocenters. The van der Waals surface area contributed by atoms with Gasteiger partial charge >= 0.3 is 6.03 Å². The zero-order chi connectivity index (χ0) is 15.2. The van der Waals surface area contributed by atoms with Gasteiger partial charge < -0.3 is 15.5 Å². The van der Waals surface area contributed by atoms with Gasteiger partial charge in [-0.15, -0.1) is 0 Å². The maximum atomic E-state index is 11.9. The second kappa shape index (κ2) is 6.89. The van der Waals surface area contributed by atoms with E-state index in [1.807, 2.05) is 36.4 Å². The summed E-state index contributed by atoms with van der Waals surface area (Å²) in [6.45, 7) is 2.39. The van der Waals surface area contributed by atoms with Crippen molar-refractivity contribution in [3.8, 4) is 0 Å². The lowest BCUT2D eigenvalue weighted by molar-refractivity contribution is 0.251. The van der Waals surface area contributed by atoms with Crippen molar-refractivity contribution >= 4 is 17.7 Å². The first-order valence-corrected chi connectivity index (χ1v) is 7.48. The van der Waals surface area contributed by atoms with Crippen molar-refractivity contribution in [3.63, 3.8) is 0 Å². The summed E-state index contributed by atoms with van der Waals surface area (Å²) in [6.07, 6.45) is 4.11. The van der Waals surface area contributed by atoms with Gasteiger partial charge in [-0.1, -0.05) is 18.2 Å². The van der Waals surface area contributed by atoms with Crippen LogP contribution >= 0.6 is 0 Å². The Morgan fingerprint density at radius 1 is 1.14 bits per heavy atom. The van der Waals surface area contributed by atoms with Gasteiger partial charge in [0, 0.05) is 25.0 Å². The minimum absolute atomic E-state index is 0.243. The molecule has 1 aromatic heterocycles. The summed E-state index contributed by atoms with van der Waals surface area (Å²) in [5, 5.41) is 5.58. The molecule has 1 saturated heterocycles. The van der Waals surface area contributed by atoms with Crippen molar-refractivity contribution in [2.24, 2.45) is 0 Å². The zero-order valence-electron chi connectivity index (χ0n) is 12.3. The third-order valence-corrected chi connectivity index (χ3v) is 3.55. The second-order valence-electron chi connectivity index (χ2n) is 5.22. The van der Waals surface area contributed by atoms with Crippen LogP contribution in [0.4, 0.5) is 16.4 Å². The van der Waals surface area contributed by atoms with Crippen LogP contribution in [0.15, 0.2) is 42.6 Å². The van der Waals surface area contributed by atoms with Crippen molar-refractivity contribution in [3.05, 3.63) is 48.3 Å². The Kier molecular flexibility index (Phi) is 4.48. The summed E-state index contributed by atoms with van der Waals surface area (Å²) in [7, 11) is 0. The predicted molar refractivity (Wildman–Crippen MR) is 85.8 cm³/mol. The van der Waals surface area contributed by atoms with Crippen LogP contribution in [-0.2, 0) is 6.54 Å². The number of hydrogen-bond donors (Lipinski definition) is 2. The number of rotatable bonds is 4. The number of para-hydroxylation sites is 1. The minimum Gasteiger partial charge on any atom is -0.341 e. The van der Waals surface area contributed by atoms with Crippen LogP contribution in [0.1, 0.15) is 18.5 Å². The van der Waals surface area contributed by atoms with Crippen LogP contribution < -0.4 is 15.5 Å². The van der Waals surface area contributed by atoms with Crippen molar-refractivity contribution in [1.29, 1.82) is 0 Å². The summed E-state index contributed by atoms with van der Waals surface area (Å²) in [4.78, 5) is 22.8. The van der Waals surface area contributed by atoms with Crippen LogP contribution in [0.3, 0.4) is 0 Å². The molecule has 0 atom stereocenters. The molecule has 2 heterocycles. The fraction of sp³-hybridized carbons (Fsp3) is 0.312. The van der Waals surface area contributed by atoms with Gasteiger partial charge in [0.1, 0.15) is 0 Å². The minimum atomic E-state index is -0.243. The van der Waals surface area contributed by atoms with Crippen molar-refractivity contribution < 1.29 is 4.79 Å². The van der Waals surface area contributed by atoms with Gasteiger partial charge in [0.25, 0.3) is 0 Å². The number of anilines is 2. The van der Waals surface area contributed by atoms with Crippen LogP contribution in [0.2, 0.25) is 0 Å². The molecule has 6 heteroatoms. The number of nitrogens with one attached hydrogen (secondary N) is 2. The van der Waals surface area contributed by atoms with Gasteiger partial charge in [-0.3, -0.25) is 0 Å². The first kappa shape index (κ1) is 14.3. The lowest BCUT2D eigenvalue weighted by Gasteiger charge is -2.15. The van der Waals surface area contributed by atoms with E-state index in [1.54, 1.807) is 6.20 Å². The molecule has 2 N–H and O–H groups in total. The van der Waals surface area contributed by atoms with Crippen molar-refractivity contribution in [2.45, 2.75) is 19.4 Å². The number of urea groups is 1. The van der Waals surface area contributed by atoms with Gasteiger partial charge in [-0.25, -0.2) is 14.8 Å². The maximum Gasteiger partial charge on any atom is 0.319 e. The molecule has 2 aromatic rings. The number of nitrogens with zero attached hydrogens (tertiary/aromatic N) is 3. The lowest BCUT2D eigenvalue weighted by atomic mass is 10.3. The number of carbonyl (C=O) groups is 1. The van der Waals surface area contributed by atoms with E-state index in [2.05, 4.69) is 25.5 Å². The monoisotopic (exact) mass is 297 g/mol. The standard InChI is InChI=1S/C16H19N5O/c22-16(20-13-6-2-1-3-7-13)18-12-14-8-9-17-15(19-14)21-10-4-5-11-21/h1-3,6-9H,4-5,10-12H2,(H2,18,20,22). The van der Waals surface area contributed by atoms with E-state index in [4.69, 9.17) is 0 Å². The zero-order valence-corrected chi connectivity index (χ0v) is 12.3. The van der Waals surface area contributed by atoms with Gasteiger partial charge in [0.05, 0.1) is 12.2 Å². The predicted octanol–water partition coefficient (Wildman–Crippen LogP) is 2.40. The molecule has 1 fully saturated rings. The molecule has 0 aliphatic carbocycles. The van der Waals surface area contributed by atoms with Crippen LogP contribution in [0.5, 0.6) is 0 Å². The van der Waals surface area contributed by atoms with Crippen molar-refractivity contribution in [2.75, 3.05) is 23.3 Å². The molecule has 22 heavy (non-hydrogen) atoms. The Hall–Kier alpha value is -2.63. The topological polar surface area (TPSA) is 70.2 Å². The first-order chi connectivity index (χ1) is 10.8. The van der Waals surface area contributed by atoms with Gasteiger partial charge in [0.2, 0.25) is 5.95 Å².